The molecule has 138 valence electrons. The van der Waals surface area contributed by atoms with Crippen LogP contribution in [0.25, 0.3) is 11.5 Å². The van der Waals surface area contributed by atoms with E-state index in [2.05, 4.69) is 20.0 Å². The van der Waals surface area contributed by atoms with Gasteiger partial charge in [-0.2, -0.15) is 4.98 Å². The molecule has 0 radical (unpaired) electrons. The van der Waals surface area contributed by atoms with Crippen LogP contribution in [0.4, 0.5) is 10.2 Å². The molecule has 2 aromatic heterocycles. The molecule has 0 saturated carbocycles. The van der Waals surface area contributed by atoms with Crippen LogP contribution in [0.3, 0.4) is 0 Å². The Kier molecular flexibility index (Phi) is 4.66. The molecule has 1 aliphatic rings. The molecule has 0 unspecified atom stereocenters. The molecule has 0 amide bonds. The smallest absolute Gasteiger partial charge is 0.261 e. The quantitative estimate of drug-likeness (QED) is 0.656. The zero-order chi connectivity index (χ0) is 18.8. The van der Waals surface area contributed by atoms with E-state index < -0.39 is 0 Å². The molecule has 1 aromatic carbocycles. The third-order valence-electron chi connectivity index (χ3n) is 4.84. The van der Waals surface area contributed by atoms with Crippen LogP contribution in [0.1, 0.15) is 29.0 Å². The summed E-state index contributed by atoms with van der Waals surface area (Å²) in [7, 11) is 0. The Morgan fingerprint density at radius 1 is 1.19 bits per heavy atom. The van der Waals surface area contributed by atoms with E-state index in [4.69, 9.17) is 4.52 Å². The monoisotopic (exact) mass is 366 g/mol. The number of rotatable bonds is 4. The Bertz CT molecular complexity index is 947. The van der Waals surface area contributed by atoms with Gasteiger partial charge >= 0.3 is 0 Å². The Hall–Kier alpha value is -3.09. The average Bonchev–Trinajstić information content (AvgIpc) is 3.14. The van der Waals surface area contributed by atoms with Crippen molar-refractivity contribution < 1.29 is 13.7 Å². The number of aryl methyl sites for hydroxylation is 1. The Morgan fingerprint density at radius 2 is 1.93 bits per heavy atom. The number of ketones is 1. The van der Waals surface area contributed by atoms with Crippen molar-refractivity contribution in [1.29, 1.82) is 0 Å². The van der Waals surface area contributed by atoms with Crippen LogP contribution < -0.4 is 4.90 Å². The van der Waals surface area contributed by atoms with Gasteiger partial charge in [0.25, 0.3) is 5.89 Å². The summed E-state index contributed by atoms with van der Waals surface area (Å²) in [6.45, 7) is 3.18. The second kappa shape index (κ2) is 7.26. The highest BCUT2D eigenvalue weighted by molar-refractivity contribution is 5.98. The zero-order valence-electron chi connectivity index (χ0n) is 14.9. The van der Waals surface area contributed by atoms with E-state index >= 15 is 0 Å². The molecular formula is C20H19FN4O2. The molecule has 0 bridgehead atoms. The molecule has 1 aliphatic heterocycles. The van der Waals surface area contributed by atoms with Crippen LogP contribution in [-0.2, 0) is 0 Å². The fourth-order valence-electron chi connectivity index (χ4n) is 3.43. The molecule has 0 spiro atoms. The number of benzene rings is 1. The number of anilines is 1. The molecule has 0 atom stereocenters. The average molecular weight is 366 g/mol. The molecule has 0 N–H and O–H groups in total. The van der Waals surface area contributed by atoms with Crippen LogP contribution in [0.15, 0.2) is 47.1 Å². The predicted octanol–water partition coefficient (Wildman–Crippen LogP) is 3.68. The van der Waals surface area contributed by atoms with Gasteiger partial charge in [0.05, 0.1) is 5.56 Å². The Balaban J connectivity index is 1.48. The summed E-state index contributed by atoms with van der Waals surface area (Å²) in [6.07, 6.45) is 3.17. The van der Waals surface area contributed by atoms with E-state index in [0.29, 0.717) is 30.4 Å². The number of carbonyl (C=O) groups is 1. The van der Waals surface area contributed by atoms with Crippen molar-refractivity contribution in [3.8, 4) is 11.5 Å². The highest BCUT2D eigenvalue weighted by atomic mass is 19.1. The first-order chi connectivity index (χ1) is 13.1. The number of nitrogens with zero attached hydrogens (tertiary/aromatic N) is 4. The lowest BCUT2D eigenvalue weighted by Gasteiger charge is -2.32. The fourth-order valence-corrected chi connectivity index (χ4v) is 3.43. The topological polar surface area (TPSA) is 72.1 Å². The van der Waals surface area contributed by atoms with Crippen molar-refractivity contribution >= 4 is 11.6 Å². The van der Waals surface area contributed by atoms with Gasteiger partial charge in [-0.15, -0.1) is 0 Å². The maximum Gasteiger partial charge on any atom is 0.261 e. The van der Waals surface area contributed by atoms with E-state index in [0.717, 1.165) is 24.2 Å². The van der Waals surface area contributed by atoms with E-state index in [9.17, 15) is 9.18 Å². The van der Waals surface area contributed by atoms with Gasteiger partial charge in [0.2, 0.25) is 0 Å². The largest absolute Gasteiger partial charge is 0.356 e. The molecule has 27 heavy (non-hydrogen) atoms. The third-order valence-corrected chi connectivity index (χ3v) is 4.84. The minimum Gasteiger partial charge on any atom is -0.356 e. The van der Waals surface area contributed by atoms with E-state index in [1.807, 2.05) is 12.1 Å². The Labute approximate surface area is 156 Å². The summed E-state index contributed by atoms with van der Waals surface area (Å²) in [4.78, 5) is 23.6. The molecule has 1 saturated heterocycles. The minimum atomic E-state index is -0.333. The van der Waals surface area contributed by atoms with Gasteiger partial charge in [-0.3, -0.25) is 4.79 Å². The molecule has 7 heteroatoms. The van der Waals surface area contributed by atoms with Crippen LogP contribution in [0, 0.1) is 18.7 Å². The van der Waals surface area contributed by atoms with Crippen molar-refractivity contribution in [3.05, 3.63) is 59.8 Å². The fraction of sp³-hybridized carbons (Fsp3) is 0.300. The van der Waals surface area contributed by atoms with E-state index in [-0.39, 0.29) is 17.5 Å². The minimum absolute atomic E-state index is 0.0653. The van der Waals surface area contributed by atoms with Gasteiger partial charge in [0, 0.05) is 30.8 Å². The maximum absolute atomic E-state index is 13.1. The van der Waals surface area contributed by atoms with E-state index in [1.54, 1.807) is 25.3 Å². The molecule has 6 nitrogen and oxygen atoms in total. The third kappa shape index (κ3) is 3.58. The predicted molar refractivity (Wildman–Crippen MR) is 97.9 cm³/mol. The van der Waals surface area contributed by atoms with Gasteiger partial charge < -0.3 is 9.42 Å². The second-order valence-electron chi connectivity index (χ2n) is 6.65. The highest BCUT2D eigenvalue weighted by Crippen LogP contribution is 2.31. The summed E-state index contributed by atoms with van der Waals surface area (Å²) < 4.78 is 18.4. The maximum atomic E-state index is 13.1. The second-order valence-corrected chi connectivity index (χ2v) is 6.65. The van der Waals surface area contributed by atoms with Crippen LogP contribution in [0.2, 0.25) is 0 Å². The lowest BCUT2D eigenvalue weighted by molar-refractivity contribution is 0.0900. The first-order valence-electron chi connectivity index (χ1n) is 8.92. The van der Waals surface area contributed by atoms with Gasteiger partial charge in [0.15, 0.2) is 11.6 Å². The number of Topliss-reactive ketones (excluding diaryl/α,β-unsaturated/α-hetero) is 1. The summed E-state index contributed by atoms with van der Waals surface area (Å²) in [5.74, 6) is 1.48. The summed E-state index contributed by atoms with van der Waals surface area (Å²) in [6, 6.07) is 9.51. The summed E-state index contributed by atoms with van der Waals surface area (Å²) >= 11 is 0. The molecule has 3 heterocycles. The first kappa shape index (κ1) is 17.3. The summed E-state index contributed by atoms with van der Waals surface area (Å²) in [5, 5.41) is 3.85. The summed E-state index contributed by atoms with van der Waals surface area (Å²) in [5.41, 5.74) is 1.36. The van der Waals surface area contributed by atoms with Gasteiger partial charge in [0.1, 0.15) is 11.6 Å². The van der Waals surface area contributed by atoms with Crippen molar-refractivity contribution in [1.82, 2.24) is 15.1 Å². The van der Waals surface area contributed by atoms with Crippen LogP contribution in [0.5, 0.6) is 0 Å². The molecular weight excluding hydrogens is 347 g/mol. The Morgan fingerprint density at radius 3 is 2.59 bits per heavy atom. The van der Waals surface area contributed by atoms with E-state index in [1.165, 1.54) is 12.1 Å². The highest BCUT2D eigenvalue weighted by Gasteiger charge is 2.28. The lowest BCUT2D eigenvalue weighted by atomic mass is 9.89. The number of hydrogen-bond acceptors (Lipinski definition) is 6. The standard InChI is InChI=1S/C20H19FN4O2/c1-13-23-20(27-24-13)17-3-2-10-22-19(17)25-11-8-15(9-12-25)18(26)14-4-6-16(21)7-5-14/h2-7,10,15H,8-9,11-12H2,1H3. The van der Waals surface area contributed by atoms with Gasteiger partial charge in [-0.1, -0.05) is 5.16 Å². The molecule has 4 rings (SSSR count). The normalized spacial score (nSPS) is 15.1. The van der Waals surface area contributed by atoms with Crippen molar-refractivity contribution in [2.45, 2.75) is 19.8 Å². The number of halogens is 1. The number of pyridine rings is 1. The van der Waals surface area contributed by atoms with Gasteiger partial charge in [-0.25, -0.2) is 9.37 Å². The zero-order valence-corrected chi connectivity index (χ0v) is 14.9. The SMILES string of the molecule is Cc1noc(-c2cccnc2N2CCC(C(=O)c3ccc(F)cc3)CC2)n1. The molecule has 3 aromatic rings. The molecule has 0 aliphatic carbocycles. The van der Waals surface area contributed by atoms with Gasteiger partial charge in [-0.05, 0) is 56.2 Å². The number of hydrogen-bond donors (Lipinski definition) is 0. The number of piperidine rings is 1. The van der Waals surface area contributed by atoms with Crippen LogP contribution >= 0.6 is 0 Å². The number of aromatic nitrogens is 3. The van der Waals surface area contributed by atoms with Crippen molar-refractivity contribution in [2.75, 3.05) is 18.0 Å². The van der Waals surface area contributed by atoms with Crippen LogP contribution in [-0.4, -0.2) is 34.0 Å². The number of carbonyl (C=O) groups excluding carboxylic acids is 1. The van der Waals surface area contributed by atoms with Crippen molar-refractivity contribution in [3.63, 3.8) is 0 Å². The lowest BCUT2D eigenvalue weighted by Crippen LogP contribution is -2.37. The first-order valence-corrected chi connectivity index (χ1v) is 8.92. The molecule has 1 fully saturated rings. The van der Waals surface area contributed by atoms with Crippen molar-refractivity contribution in [2.24, 2.45) is 5.92 Å².